The van der Waals surface area contributed by atoms with Crippen molar-refractivity contribution in [2.75, 3.05) is 32.9 Å². The molecular weight excluding hydrogens is 417 g/mol. The number of pyridine rings is 1. The van der Waals surface area contributed by atoms with Crippen molar-refractivity contribution in [1.82, 2.24) is 14.2 Å². The minimum absolute atomic E-state index is 0.151. The molecule has 0 amide bonds. The van der Waals surface area contributed by atoms with Gasteiger partial charge in [-0.25, -0.2) is 12.8 Å². The highest BCUT2D eigenvalue weighted by Gasteiger charge is 2.46. The molecule has 8 heteroatoms. The molecule has 31 heavy (non-hydrogen) atoms. The van der Waals surface area contributed by atoms with Gasteiger partial charge in [0.25, 0.3) is 0 Å². The van der Waals surface area contributed by atoms with Crippen LogP contribution in [0.15, 0.2) is 53.7 Å². The minimum atomic E-state index is -3.66. The van der Waals surface area contributed by atoms with Crippen LogP contribution in [0.25, 0.3) is 0 Å². The number of aliphatic hydroxyl groups is 1. The van der Waals surface area contributed by atoms with Gasteiger partial charge in [-0.1, -0.05) is 18.2 Å². The van der Waals surface area contributed by atoms with Crippen LogP contribution in [-0.4, -0.2) is 66.6 Å². The molecule has 1 aromatic heterocycles. The molecule has 1 aliphatic heterocycles. The van der Waals surface area contributed by atoms with E-state index < -0.39 is 22.3 Å². The number of piperazine rings is 1. The van der Waals surface area contributed by atoms with Crippen molar-refractivity contribution in [2.45, 2.75) is 48.6 Å². The standard InChI is InChI=1S/C23H30FN3O3S/c1-18-15-26(17-23(9-10-23)20-4-3-11-25-14-20)12-13-27(18)31(29,30)21-7-5-19(6-8-21)22(2,28)16-24/h3-8,11,14,18,28H,9-10,12-13,15-17H2,1-2H3/t18-,22?/m1/s1. The highest BCUT2D eigenvalue weighted by molar-refractivity contribution is 7.89. The van der Waals surface area contributed by atoms with Crippen LogP contribution >= 0.6 is 0 Å². The van der Waals surface area contributed by atoms with E-state index in [2.05, 4.69) is 16.0 Å². The zero-order valence-corrected chi connectivity index (χ0v) is 18.9. The SMILES string of the molecule is C[C@@H]1CN(CC2(c3cccnc3)CC2)CCN1S(=O)(=O)c1ccc(C(C)(O)CF)cc1. The fourth-order valence-electron chi connectivity index (χ4n) is 4.51. The fraction of sp³-hybridized carbons (Fsp3) is 0.522. The van der Waals surface area contributed by atoms with E-state index >= 15 is 0 Å². The fourth-order valence-corrected chi connectivity index (χ4v) is 6.12. The second kappa shape index (κ2) is 8.24. The molecular formula is C23H30FN3O3S. The molecule has 2 heterocycles. The molecule has 1 unspecified atom stereocenters. The number of sulfonamides is 1. The number of hydrogen-bond donors (Lipinski definition) is 1. The van der Waals surface area contributed by atoms with E-state index in [1.54, 1.807) is 10.5 Å². The monoisotopic (exact) mass is 447 g/mol. The molecule has 2 aliphatic rings. The average Bonchev–Trinajstić information content (AvgIpc) is 3.55. The molecule has 4 rings (SSSR count). The summed E-state index contributed by atoms with van der Waals surface area (Å²) in [6, 6.07) is 9.83. The summed E-state index contributed by atoms with van der Waals surface area (Å²) in [4.78, 5) is 6.79. The van der Waals surface area contributed by atoms with Crippen molar-refractivity contribution in [1.29, 1.82) is 0 Å². The summed E-state index contributed by atoms with van der Waals surface area (Å²) in [6.45, 7) is 5.08. The van der Waals surface area contributed by atoms with Crippen LogP contribution < -0.4 is 0 Å². The predicted octanol–water partition coefficient (Wildman–Crippen LogP) is 2.69. The highest BCUT2D eigenvalue weighted by Crippen LogP contribution is 2.48. The second-order valence-corrected chi connectivity index (χ2v) is 11.0. The summed E-state index contributed by atoms with van der Waals surface area (Å²) in [5.74, 6) is 0. The van der Waals surface area contributed by atoms with Crippen LogP contribution in [0.3, 0.4) is 0 Å². The lowest BCUT2D eigenvalue weighted by Gasteiger charge is -2.40. The van der Waals surface area contributed by atoms with Gasteiger partial charge in [0.1, 0.15) is 12.3 Å². The van der Waals surface area contributed by atoms with Crippen LogP contribution in [0.5, 0.6) is 0 Å². The highest BCUT2D eigenvalue weighted by atomic mass is 32.2. The largest absolute Gasteiger partial charge is 0.383 e. The van der Waals surface area contributed by atoms with E-state index in [-0.39, 0.29) is 16.4 Å². The number of benzene rings is 1. The maximum Gasteiger partial charge on any atom is 0.243 e. The van der Waals surface area contributed by atoms with E-state index in [0.29, 0.717) is 25.2 Å². The summed E-state index contributed by atoms with van der Waals surface area (Å²) >= 11 is 0. The number of hydrogen-bond acceptors (Lipinski definition) is 5. The van der Waals surface area contributed by atoms with Gasteiger partial charge < -0.3 is 5.11 Å². The third-order valence-corrected chi connectivity index (χ3v) is 8.68. The molecule has 1 aliphatic carbocycles. The summed E-state index contributed by atoms with van der Waals surface area (Å²) in [7, 11) is -3.66. The number of nitrogens with zero attached hydrogens (tertiary/aromatic N) is 3. The van der Waals surface area contributed by atoms with Gasteiger partial charge in [-0.3, -0.25) is 9.88 Å². The van der Waals surface area contributed by atoms with Gasteiger partial charge in [0.2, 0.25) is 10.0 Å². The Hall–Kier alpha value is -1.87. The second-order valence-electron chi connectivity index (χ2n) is 9.15. The Morgan fingerprint density at radius 1 is 1.23 bits per heavy atom. The zero-order valence-electron chi connectivity index (χ0n) is 18.0. The maximum absolute atomic E-state index is 13.2. The Balaban J connectivity index is 1.44. The third kappa shape index (κ3) is 4.39. The van der Waals surface area contributed by atoms with Crippen molar-refractivity contribution in [2.24, 2.45) is 0 Å². The lowest BCUT2D eigenvalue weighted by atomic mass is 9.96. The molecule has 1 N–H and O–H groups in total. The van der Waals surface area contributed by atoms with Gasteiger partial charge in [-0.2, -0.15) is 4.31 Å². The average molecular weight is 448 g/mol. The Morgan fingerprint density at radius 3 is 2.48 bits per heavy atom. The molecule has 1 aromatic carbocycles. The van der Waals surface area contributed by atoms with Crippen LogP contribution in [0.4, 0.5) is 4.39 Å². The molecule has 2 aromatic rings. The molecule has 1 saturated heterocycles. The van der Waals surface area contributed by atoms with Crippen molar-refractivity contribution >= 4 is 10.0 Å². The maximum atomic E-state index is 13.2. The van der Waals surface area contributed by atoms with E-state index in [1.807, 2.05) is 19.2 Å². The Labute approximate surface area is 183 Å². The predicted molar refractivity (Wildman–Crippen MR) is 117 cm³/mol. The number of aromatic nitrogens is 1. The van der Waals surface area contributed by atoms with Crippen LogP contribution in [-0.2, 0) is 21.0 Å². The van der Waals surface area contributed by atoms with Crippen molar-refractivity contribution < 1.29 is 17.9 Å². The van der Waals surface area contributed by atoms with Gasteiger partial charge in [0.15, 0.2) is 0 Å². The summed E-state index contributed by atoms with van der Waals surface area (Å²) in [5, 5.41) is 10.0. The van der Waals surface area contributed by atoms with Crippen molar-refractivity contribution in [3.05, 3.63) is 59.9 Å². The Kier molecular flexibility index (Phi) is 5.93. The van der Waals surface area contributed by atoms with Gasteiger partial charge >= 0.3 is 0 Å². The van der Waals surface area contributed by atoms with Crippen LogP contribution in [0.2, 0.25) is 0 Å². The minimum Gasteiger partial charge on any atom is -0.383 e. The van der Waals surface area contributed by atoms with Crippen LogP contribution in [0.1, 0.15) is 37.8 Å². The molecule has 6 nitrogen and oxygen atoms in total. The molecule has 168 valence electrons. The van der Waals surface area contributed by atoms with Crippen LogP contribution in [0, 0.1) is 0 Å². The molecule has 1 saturated carbocycles. The molecule has 2 atom stereocenters. The normalized spacial score (nSPS) is 23.9. The quantitative estimate of drug-likeness (QED) is 0.707. The van der Waals surface area contributed by atoms with E-state index in [4.69, 9.17) is 0 Å². The summed E-state index contributed by atoms with van der Waals surface area (Å²) in [5.41, 5.74) is 0.158. The smallest absolute Gasteiger partial charge is 0.243 e. The summed E-state index contributed by atoms with van der Waals surface area (Å²) in [6.07, 6.45) is 6.01. The molecule has 0 radical (unpaired) electrons. The topological polar surface area (TPSA) is 73.7 Å². The zero-order chi connectivity index (χ0) is 22.3. The van der Waals surface area contributed by atoms with E-state index in [0.717, 1.165) is 19.4 Å². The first-order valence-electron chi connectivity index (χ1n) is 10.7. The van der Waals surface area contributed by atoms with Gasteiger partial charge in [-0.05, 0) is 56.0 Å². The third-order valence-electron chi connectivity index (χ3n) is 6.65. The Morgan fingerprint density at radius 2 is 1.94 bits per heavy atom. The number of halogens is 1. The summed E-state index contributed by atoms with van der Waals surface area (Å²) < 4.78 is 41.0. The first-order chi connectivity index (χ1) is 14.7. The molecule has 0 bridgehead atoms. The van der Waals surface area contributed by atoms with Gasteiger partial charge in [0.05, 0.1) is 4.90 Å². The van der Waals surface area contributed by atoms with Gasteiger partial charge in [-0.15, -0.1) is 0 Å². The lowest BCUT2D eigenvalue weighted by Crippen LogP contribution is -2.55. The Bertz CT molecular complexity index is 1010. The first-order valence-corrected chi connectivity index (χ1v) is 12.2. The number of alkyl halides is 1. The van der Waals surface area contributed by atoms with E-state index in [9.17, 15) is 17.9 Å². The van der Waals surface area contributed by atoms with Crippen molar-refractivity contribution in [3.63, 3.8) is 0 Å². The molecule has 0 spiro atoms. The van der Waals surface area contributed by atoms with Crippen molar-refractivity contribution in [3.8, 4) is 0 Å². The first kappa shape index (κ1) is 22.3. The lowest BCUT2D eigenvalue weighted by molar-refractivity contribution is 0.0299. The number of rotatable bonds is 7. The molecule has 2 fully saturated rings. The van der Waals surface area contributed by atoms with Gasteiger partial charge in [0, 0.05) is 50.0 Å². The van der Waals surface area contributed by atoms with E-state index in [1.165, 1.54) is 36.8 Å².